The van der Waals surface area contributed by atoms with E-state index in [-0.39, 0.29) is 11.7 Å². The van der Waals surface area contributed by atoms with Gasteiger partial charge in [0.25, 0.3) is 0 Å². The number of nitrogens with zero attached hydrogens (tertiary/aromatic N) is 4. The molecule has 1 aliphatic heterocycles. The molecule has 0 bridgehead atoms. The minimum absolute atomic E-state index is 0.220. The van der Waals surface area contributed by atoms with Crippen LogP contribution in [0.3, 0.4) is 0 Å². The van der Waals surface area contributed by atoms with E-state index < -0.39 is 0 Å². The molecule has 0 saturated carbocycles. The first-order chi connectivity index (χ1) is 13.1. The Balaban J connectivity index is 1.48. The predicted molar refractivity (Wildman–Crippen MR) is 107 cm³/mol. The van der Waals surface area contributed by atoms with Crippen molar-refractivity contribution in [2.75, 3.05) is 45.8 Å². The van der Waals surface area contributed by atoms with Gasteiger partial charge in [-0.15, -0.1) is 11.3 Å². The van der Waals surface area contributed by atoms with E-state index in [1.54, 1.807) is 23.5 Å². The van der Waals surface area contributed by atoms with Crippen LogP contribution in [0.25, 0.3) is 11.3 Å². The van der Waals surface area contributed by atoms with E-state index >= 15 is 0 Å². The highest BCUT2D eigenvalue weighted by Gasteiger charge is 2.21. The second-order valence-corrected chi connectivity index (χ2v) is 7.69. The number of rotatable bonds is 7. The van der Waals surface area contributed by atoms with Gasteiger partial charge in [-0.05, 0) is 38.1 Å². The Labute approximate surface area is 164 Å². The number of carbonyl (C=O) groups excluding carboxylic acids is 1. The number of halogens is 1. The van der Waals surface area contributed by atoms with E-state index in [9.17, 15) is 9.18 Å². The van der Waals surface area contributed by atoms with Crippen LogP contribution < -0.4 is 0 Å². The Morgan fingerprint density at radius 2 is 1.74 bits per heavy atom. The van der Waals surface area contributed by atoms with Crippen molar-refractivity contribution in [3.05, 3.63) is 40.5 Å². The van der Waals surface area contributed by atoms with Crippen molar-refractivity contribution in [1.82, 2.24) is 19.7 Å². The zero-order valence-corrected chi connectivity index (χ0v) is 16.8. The molecule has 1 fully saturated rings. The number of aromatic nitrogens is 1. The number of amides is 1. The van der Waals surface area contributed by atoms with Crippen molar-refractivity contribution in [1.29, 1.82) is 0 Å². The summed E-state index contributed by atoms with van der Waals surface area (Å²) in [5.74, 6) is -0.0103. The van der Waals surface area contributed by atoms with E-state index in [0.29, 0.717) is 6.54 Å². The summed E-state index contributed by atoms with van der Waals surface area (Å²) in [7, 11) is 0. The maximum atomic E-state index is 13.1. The van der Waals surface area contributed by atoms with Gasteiger partial charge in [0.05, 0.1) is 18.8 Å². The van der Waals surface area contributed by atoms with Crippen molar-refractivity contribution in [2.24, 2.45) is 0 Å². The lowest BCUT2D eigenvalue weighted by Crippen LogP contribution is -2.49. The molecule has 1 amide bonds. The maximum absolute atomic E-state index is 13.1. The lowest BCUT2D eigenvalue weighted by atomic mass is 10.2. The summed E-state index contributed by atoms with van der Waals surface area (Å²) in [4.78, 5) is 23.4. The Bertz CT molecular complexity index is 737. The van der Waals surface area contributed by atoms with Crippen LogP contribution in [-0.2, 0) is 11.3 Å². The van der Waals surface area contributed by atoms with Crippen LogP contribution in [0.5, 0.6) is 0 Å². The third-order valence-corrected chi connectivity index (χ3v) is 5.82. The molecule has 0 atom stereocenters. The lowest BCUT2D eigenvalue weighted by molar-refractivity contribution is -0.132. The molecule has 0 spiro atoms. The van der Waals surface area contributed by atoms with Crippen LogP contribution in [0.4, 0.5) is 4.39 Å². The molecule has 5 nitrogen and oxygen atoms in total. The van der Waals surface area contributed by atoms with E-state index in [4.69, 9.17) is 4.98 Å². The Hall–Kier alpha value is -1.83. The van der Waals surface area contributed by atoms with Crippen LogP contribution in [0.1, 0.15) is 18.9 Å². The van der Waals surface area contributed by atoms with Crippen molar-refractivity contribution < 1.29 is 9.18 Å². The van der Waals surface area contributed by atoms with Gasteiger partial charge in [0.15, 0.2) is 0 Å². The second-order valence-electron chi connectivity index (χ2n) is 6.75. The number of piperazine rings is 1. The zero-order chi connectivity index (χ0) is 19.2. The number of carbonyl (C=O) groups is 1. The normalized spacial score (nSPS) is 15.8. The summed E-state index contributed by atoms with van der Waals surface area (Å²) < 4.78 is 13.1. The molecule has 0 unspecified atom stereocenters. The molecule has 2 heterocycles. The first-order valence-electron chi connectivity index (χ1n) is 9.51. The van der Waals surface area contributed by atoms with E-state index in [2.05, 4.69) is 9.80 Å². The molecule has 1 aliphatic rings. The van der Waals surface area contributed by atoms with Gasteiger partial charge in [-0.1, -0.05) is 0 Å². The quantitative estimate of drug-likeness (QED) is 0.729. The fourth-order valence-corrected chi connectivity index (χ4v) is 4.15. The van der Waals surface area contributed by atoms with Crippen molar-refractivity contribution in [2.45, 2.75) is 20.4 Å². The summed E-state index contributed by atoms with van der Waals surface area (Å²) in [5.41, 5.74) is 1.84. The smallest absolute Gasteiger partial charge is 0.236 e. The van der Waals surface area contributed by atoms with Crippen LogP contribution in [0.15, 0.2) is 29.6 Å². The van der Waals surface area contributed by atoms with Gasteiger partial charge in [-0.25, -0.2) is 9.37 Å². The molecule has 27 heavy (non-hydrogen) atoms. The summed E-state index contributed by atoms with van der Waals surface area (Å²) in [6.45, 7) is 10.6. The zero-order valence-electron chi connectivity index (χ0n) is 16.0. The number of hydrogen-bond acceptors (Lipinski definition) is 5. The van der Waals surface area contributed by atoms with Gasteiger partial charge in [0.2, 0.25) is 5.91 Å². The van der Waals surface area contributed by atoms with Crippen molar-refractivity contribution in [3.8, 4) is 11.3 Å². The van der Waals surface area contributed by atoms with Gasteiger partial charge in [-0.3, -0.25) is 14.6 Å². The van der Waals surface area contributed by atoms with Gasteiger partial charge < -0.3 is 4.90 Å². The molecule has 0 aliphatic carbocycles. The summed E-state index contributed by atoms with van der Waals surface area (Å²) in [6.07, 6.45) is 0. The van der Waals surface area contributed by atoms with E-state index in [0.717, 1.165) is 62.1 Å². The largest absolute Gasteiger partial charge is 0.342 e. The Morgan fingerprint density at radius 1 is 1.11 bits per heavy atom. The molecule has 3 rings (SSSR count). The fraction of sp³-hybridized carbons (Fsp3) is 0.500. The van der Waals surface area contributed by atoms with Crippen LogP contribution >= 0.6 is 11.3 Å². The third kappa shape index (κ3) is 5.34. The van der Waals surface area contributed by atoms with E-state index in [1.807, 2.05) is 24.1 Å². The molecule has 0 N–H and O–H groups in total. The average molecular weight is 391 g/mol. The maximum Gasteiger partial charge on any atom is 0.236 e. The predicted octanol–water partition coefficient (Wildman–Crippen LogP) is 2.94. The first-order valence-corrected chi connectivity index (χ1v) is 10.4. The number of thiazole rings is 1. The number of benzene rings is 1. The highest BCUT2D eigenvalue weighted by Crippen LogP contribution is 2.23. The molecule has 0 radical (unpaired) electrons. The molecular weight excluding hydrogens is 363 g/mol. The van der Waals surface area contributed by atoms with E-state index in [1.165, 1.54) is 12.1 Å². The lowest BCUT2D eigenvalue weighted by Gasteiger charge is -2.34. The summed E-state index contributed by atoms with van der Waals surface area (Å²) in [5, 5.41) is 3.10. The molecule has 7 heteroatoms. The van der Waals surface area contributed by atoms with Crippen LogP contribution in [0, 0.1) is 5.82 Å². The standard InChI is InChI=1S/C20H27FN4OS/c1-3-25(4-2)20(26)14-24-11-9-23(10-12-24)13-19-22-18(15-27-19)16-5-7-17(21)8-6-16/h5-8,15H,3-4,9-14H2,1-2H3. The average Bonchev–Trinajstić information content (AvgIpc) is 3.13. The van der Waals surface area contributed by atoms with Crippen LogP contribution in [-0.4, -0.2) is 71.4 Å². The monoisotopic (exact) mass is 390 g/mol. The highest BCUT2D eigenvalue weighted by atomic mass is 32.1. The molecule has 1 aromatic heterocycles. The molecular formula is C20H27FN4OS. The van der Waals surface area contributed by atoms with Crippen molar-refractivity contribution >= 4 is 17.2 Å². The van der Waals surface area contributed by atoms with Crippen LogP contribution in [0.2, 0.25) is 0 Å². The number of likely N-dealkylation sites (N-methyl/N-ethyl adjacent to an activating group) is 1. The molecule has 1 saturated heterocycles. The van der Waals surface area contributed by atoms with Gasteiger partial charge >= 0.3 is 0 Å². The molecule has 1 aromatic carbocycles. The number of hydrogen-bond donors (Lipinski definition) is 0. The van der Waals surface area contributed by atoms with Gasteiger partial charge in [0, 0.05) is 50.2 Å². The minimum atomic E-state index is -0.230. The highest BCUT2D eigenvalue weighted by molar-refractivity contribution is 7.09. The minimum Gasteiger partial charge on any atom is -0.342 e. The van der Waals surface area contributed by atoms with Crippen molar-refractivity contribution in [3.63, 3.8) is 0 Å². The van der Waals surface area contributed by atoms with Gasteiger partial charge in [0.1, 0.15) is 10.8 Å². The fourth-order valence-electron chi connectivity index (χ4n) is 3.30. The molecule has 2 aromatic rings. The van der Waals surface area contributed by atoms with Gasteiger partial charge in [-0.2, -0.15) is 0 Å². The summed E-state index contributed by atoms with van der Waals surface area (Å²) in [6, 6.07) is 6.46. The third-order valence-electron chi connectivity index (χ3n) is 4.99. The SMILES string of the molecule is CCN(CC)C(=O)CN1CCN(Cc2nc(-c3ccc(F)cc3)cs2)CC1. The Kier molecular flexibility index (Phi) is 6.93. The first kappa shape index (κ1) is 19.9. The summed E-state index contributed by atoms with van der Waals surface area (Å²) >= 11 is 1.64. The Morgan fingerprint density at radius 3 is 2.37 bits per heavy atom. The second kappa shape index (κ2) is 9.39. The topological polar surface area (TPSA) is 39.7 Å². The molecule has 146 valence electrons.